The monoisotopic (exact) mass is 374 g/mol. The van der Waals surface area contributed by atoms with Crippen LogP contribution in [-0.2, 0) is 16.4 Å². The average Bonchev–Trinajstić information content (AvgIpc) is 2.89. The summed E-state index contributed by atoms with van der Waals surface area (Å²) in [4.78, 5) is 17.4. The van der Waals surface area contributed by atoms with Crippen LogP contribution in [0.3, 0.4) is 0 Å². The number of benzene rings is 2. The van der Waals surface area contributed by atoms with E-state index in [4.69, 9.17) is 0 Å². The smallest absolute Gasteiger partial charge is 0.280 e. The van der Waals surface area contributed by atoms with Crippen LogP contribution >= 0.6 is 11.3 Å². The molecular formula is C18H18N2O3S2. The quantitative estimate of drug-likeness (QED) is 0.707. The zero-order valence-corrected chi connectivity index (χ0v) is 15.8. The third-order valence-corrected chi connectivity index (χ3v) is 6.06. The Morgan fingerprint density at radius 2 is 1.92 bits per heavy atom. The molecule has 0 aliphatic carbocycles. The summed E-state index contributed by atoms with van der Waals surface area (Å²) >= 11 is 1.43. The van der Waals surface area contributed by atoms with E-state index in [0.717, 1.165) is 22.0 Å². The summed E-state index contributed by atoms with van der Waals surface area (Å²) in [7, 11) is -3.50. The van der Waals surface area contributed by atoms with E-state index in [9.17, 15) is 13.2 Å². The van der Waals surface area contributed by atoms with Crippen LogP contribution in [0, 0.1) is 6.92 Å². The molecule has 0 atom stereocenters. The Hall–Kier alpha value is -2.25. The number of fused-ring (bicyclic) bond motifs is 1. The molecule has 0 aliphatic heterocycles. The highest BCUT2D eigenvalue weighted by molar-refractivity contribution is 7.90. The van der Waals surface area contributed by atoms with Crippen molar-refractivity contribution < 1.29 is 13.2 Å². The molecule has 1 aromatic heterocycles. The van der Waals surface area contributed by atoms with Crippen molar-refractivity contribution in [1.29, 1.82) is 0 Å². The molecule has 0 bridgehead atoms. The number of rotatable bonds is 3. The van der Waals surface area contributed by atoms with Crippen molar-refractivity contribution in [2.45, 2.75) is 25.3 Å². The van der Waals surface area contributed by atoms with Crippen LogP contribution in [0.15, 0.2) is 52.4 Å². The van der Waals surface area contributed by atoms with Gasteiger partial charge in [-0.25, -0.2) is 8.42 Å². The number of carbonyl (C=O) groups excluding carboxylic acids is 1. The lowest BCUT2D eigenvalue weighted by molar-refractivity contribution is 0.0994. The van der Waals surface area contributed by atoms with Crippen LogP contribution in [0.25, 0.3) is 10.2 Å². The highest BCUT2D eigenvalue weighted by Gasteiger charge is 2.18. The SMILES string of the molecule is CCn1c(=NC(=O)c2ccccc2S(C)(=O)=O)sc2cc(C)ccc21. The Morgan fingerprint density at radius 1 is 1.20 bits per heavy atom. The minimum absolute atomic E-state index is 0.00348. The number of hydrogen-bond acceptors (Lipinski definition) is 4. The van der Waals surface area contributed by atoms with Crippen molar-refractivity contribution in [3.63, 3.8) is 0 Å². The van der Waals surface area contributed by atoms with Gasteiger partial charge in [-0.3, -0.25) is 4.79 Å². The van der Waals surface area contributed by atoms with Crippen molar-refractivity contribution in [2.75, 3.05) is 6.26 Å². The second-order valence-electron chi connectivity index (χ2n) is 5.79. The number of aryl methyl sites for hydroxylation is 2. The Balaban J connectivity index is 2.20. The van der Waals surface area contributed by atoms with Crippen molar-refractivity contribution in [1.82, 2.24) is 4.57 Å². The Morgan fingerprint density at radius 3 is 2.60 bits per heavy atom. The van der Waals surface area contributed by atoms with E-state index >= 15 is 0 Å². The number of thiazole rings is 1. The number of hydrogen-bond donors (Lipinski definition) is 0. The predicted molar refractivity (Wildman–Crippen MR) is 99.7 cm³/mol. The lowest BCUT2D eigenvalue weighted by atomic mass is 10.2. The molecular weight excluding hydrogens is 356 g/mol. The van der Waals surface area contributed by atoms with Crippen molar-refractivity contribution in [3.8, 4) is 0 Å². The van der Waals surface area contributed by atoms with Gasteiger partial charge >= 0.3 is 0 Å². The Bertz CT molecular complexity index is 1140. The second-order valence-corrected chi connectivity index (χ2v) is 8.78. The molecule has 0 saturated heterocycles. The van der Waals surface area contributed by atoms with E-state index in [1.165, 1.54) is 23.5 Å². The number of carbonyl (C=O) groups is 1. The first-order valence-electron chi connectivity index (χ1n) is 7.79. The first-order valence-corrected chi connectivity index (χ1v) is 10.5. The fraction of sp³-hybridized carbons (Fsp3) is 0.222. The number of aromatic nitrogens is 1. The van der Waals surface area contributed by atoms with E-state index in [1.807, 2.05) is 30.5 Å². The Labute approximate surface area is 150 Å². The summed E-state index contributed by atoms with van der Waals surface area (Å²) in [6.45, 7) is 4.67. The van der Waals surface area contributed by atoms with Gasteiger partial charge < -0.3 is 4.57 Å². The summed E-state index contributed by atoms with van der Waals surface area (Å²) < 4.78 is 26.8. The molecule has 0 N–H and O–H groups in total. The maximum Gasteiger partial charge on any atom is 0.280 e. The lowest BCUT2D eigenvalue weighted by Gasteiger charge is -2.04. The van der Waals surface area contributed by atoms with Gasteiger partial charge in [0.25, 0.3) is 5.91 Å². The van der Waals surface area contributed by atoms with Gasteiger partial charge in [0.1, 0.15) is 0 Å². The van der Waals surface area contributed by atoms with Crippen LogP contribution in [0.2, 0.25) is 0 Å². The van der Waals surface area contributed by atoms with E-state index in [2.05, 4.69) is 11.1 Å². The first-order chi connectivity index (χ1) is 11.8. The Kier molecular flexibility index (Phi) is 4.62. The minimum Gasteiger partial charge on any atom is -0.317 e. The van der Waals surface area contributed by atoms with Crippen molar-refractivity contribution >= 4 is 37.3 Å². The normalized spacial score (nSPS) is 12.7. The van der Waals surface area contributed by atoms with Crippen LogP contribution in [-0.4, -0.2) is 25.1 Å². The molecule has 25 heavy (non-hydrogen) atoms. The van der Waals surface area contributed by atoms with Gasteiger partial charge in [-0.1, -0.05) is 29.5 Å². The van der Waals surface area contributed by atoms with Crippen LogP contribution in [0.4, 0.5) is 0 Å². The van der Waals surface area contributed by atoms with Gasteiger partial charge in [0.2, 0.25) is 0 Å². The topological polar surface area (TPSA) is 68.5 Å². The largest absolute Gasteiger partial charge is 0.317 e. The number of nitrogens with zero attached hydrogens (tertiary/aromatic N) is 2. The molecule has 0 fully saturated rings. The maximum absolute atomic E-state index is 12.7. The van der Waals surface area contributed by atoms with Crippen LogP contribution < -0.4 is 4.80 Å². The molecule has 1 heterocycles. The molecule has 2 aromatic carbocycles. The first kappa shape index (κ1) is 17.6. The summed E-state index contributed by atoms with van der Waals surface area (Å²) in [6, 6.07) is 12.3. The second kappa shape index (κ2) is 6.57. The average molecular weight is 374 g/mol. The molecule has 7 heteroatoms. The van der Waals surface area contributed by atoms with Crippen molar-refractivity contribution in [2.24, 2.45) is 4.99 Å². The standard InChI is InChI=1S/C18H18N2O3S2/c1-4-20-14-10-9-12(2)11-15(14)24-18(20)19-17(21)13-7-5-6-8-16(13)25(3,22)23/h5-11H,4H2,1-3H3. The van der Waals surface area contributed by atoms with Gasteiger partial charge in [-0.05, 0) is 43.7 Å². The summed E-state index contributed by atoms with van der Waals surface area (Å²) in [5, 5.41) is 0. The van der Waals surface area contributed by atoms with Crippen LogP contribution in [0.1, 0.15) is 22.8 Å². The van der Waals surface area contributed by atoms with E-state index in [-0.39, 0.29) is 10.5 Å². The maximum atomic E-state index is 12.7. The number of amides is 1. The van der Waals surface area contributed by atoms with Gasteiger partial charge in [0.05, 0.1) is 20.7 Å². The summed E-state index contributed by atoms with van der Waals surface area (Å²) in [6.07, 6.45) is 1.09. The van der Waals surface area contributed by atoms with Crippen molar-refractivity contribution in [3.05, 3.63) is 58.4 Å². The van der Waals surface area contributed by atoms with E-state index in [0.29, 0.717) is 11.3 Å². The van der Waals surface area contributed by atoms with E-state index < -0.39 is 15.7 Å². The third-order valence-electron chi connectivity index (χ3n) is 3.87. The predicted octanol–water partition coefficient (Wildman–Crippen LogP) is 3.18. The molecule has 0 unspecified atom stereocenters. The molecule has 0 saturated carbocycles. The van der Waals surface area contributed by atoms with Gasteiger partial charge in [0, 0.05) is 12.8 Å². The molecule has 0 aliphatic rings. The summed E-state index contributed by atoms with van der Waals surface area (Å²) in [5.41, 5.74) is 2.25. The fourth-order valence-electron chi connectivity index (χ4n) is 2.69. The highest BCUT2D eigenvalue weighted by Crippen LogP contribution is 2.20. The zero-order valence-electron chi connectivity index (χ0n) is 14.2. The molecule has 130 valence electrons. The van der Waals surface area contributed by atoms with Gasteiger partial charge in [-0.15, -0.1) is 0 Å². The molecule has 1 amide bonds. The molecule has 0 spiro atoms. The van der Waals surface area contributed by atoms with E-state index in [1.54, 1.807) is 12.1 Å². The number of sulfone groups is 1. The molecule has 3 aromatic rings. The third kappa shape index (κ3) is 3.43. The minimum atomic E-state index is -3.50. The molecule has 0 radical (unpaired) electrons. The zero-order chi connectivity index (χ0) is 18.2. The lowest BCUT2D eigenvalue weighted by Crippen LogP contribution is -2.17. The fourth-order valence-corrected chi connectivity index (χ4v) is 4.76. The molecule has 5 nitrogen and oxygen atoms in total. The van der Waals surface area contributed by atoms with Crippen LogP contribution in [0.5, 0.6) is 0 Å². The summed E-state index contributed by atoms with van der Waals surface area (Å²) in [5.74, 6) is -0.550. The van der Waals surface area contributed by atoms with Gasteiger partial charge in [-0.2, -0.15) is 4.99 Å². The molecule has 3 rings (SSSR count). The van der Waals surface area contributed by atoms with Gasteiger partial charge in [0.15, 0.2) is 14.6 Å². The highest BCUT2D eigenvalue weighted by atomic mass is 32.2.